The molecule has 2 aromatic rings. The van der Waals surface area contributed by atoms with Crippen LogP contribution < -0.4 is 4.90 Å². The van der Waals surface area contributed by atoms with Crippen molar-refractivity contribution in [3.05, 3.63) is 40.9 Å². The zero-order chi connectivity index (χ0) is 11.7. The van der Waals surface area contributed by atoms with E-state index in [-0.39, 0.29) is 0 Å². The summed E-state index contributed by atoms with van der Waals surface area (Å²) in [5.41, 5.74) is 1.31. The van der Waals surface area contributed by atoms with Gasteiger partial charge < -0.3 is 9.64 Å². The summed E-state index contributed by atoms with van der Waals surface area (Å²) in [6.45, 7) is 3.60. The molecule has 1 aliphatic heterocycles. The Kier molecular flexibility index (Phi) is 3.04. The molecular weight excluding hydrogens is 278 g/mol. The number of benzene rings is 2. The number of morpholine rings is 1. The molecule has 0 aliphatic carbocycles. The summed E-state index contributed by atoms with van der Waals surface area (Å²) in [5, 5.41) is 2.58. The fraction of sp³-hybridized carbons (Fsp3) is 0.286. The first kappa shape index (κ1) is 11.1. The number of fused-ring (bicyclic) bond motifs is 1. The molecule has 0 saturated carbocycles. The highest BCUT2D eigenvalue weighted by atomic mass is 79.9. The second kappa shape index (κ2) is 4.67. The van der Waals surface area contributed by atoms with E-state index in [1.54, 1.807) is 0 Å². The molecule has 0 unspecified atom stereocenters. The van der Waals surface area contributed by atoms with Crippen LogP contribution in [0.3, 0.4) is 0 Å². The number of anilines is 1. The Hall–Kier alpha value is -1.06. The van der Waals surface area contributed by atoms with Crippen molar-refractivity contribution in [2.75, 3.05) is 31.2 Å². The van der Waals surface area contributed by atoms with E-state index >= 15 is 0 Å². The van der Waals surface area contributed by atoms with E-state index in [2.05, 4.69) is 57.2 Å². The van der Waals surface area contributed by atoms with Crippen molar-refractivity contribution < 1.29 is 4.74 Å². The molecule has 0 N–H and O–H groups in total. The summed E-state index contributed by atoms with van der Waals surface area (Å²) in [6.07, 6.45) is 0. The largest absolute Gasteiger partial charge is 0.378 e. The van der Waals surface area contributed by atoms with E-state index in [0.717, 1.165) is 30.8 Å². The van der Waals surface area contributed by atoms with E-state index in [4.69, 9.17) is 4.74 Å². The summed E-state index contributed by atoms with van der Waals surface area (Å²) >= 11 is 3.61. The zero-order valence-electron chi connectivity index (χ0n) is 9.53. The lowest BCUT2D eigenvalue weighted by molar-refractivity contribution is 0.123. The minimum atomic E-state index is 0.824. The zero-order valence-corrected chi connectivity index (χ0v) is 11.1. The smallest absolute Gasteiger partial charge is 0.0642 e. The molecule has 1 saturated heterocycles. The molecule has 0 amide bonds. The van der Waals surface area contributed by atoms with Crippen molar-refractivity contribution in [3.63, 3.8) is 0 Å². The van der Waals surface area contributed by atoms with Gasteiger partial charge in [-0.05, 0) is 17.5 Å². The van der Waals surface area contributed by atoms with Crippen LogP contribution >= 0.6 is 15.9 Å². The Morgan fingerprint density at radius 1 is 0.941 bits per heavy atom. The highest BCUT2D eigenvalue weighted by Gasteiger charge is 2.13. The van der Waals surface area contributed by atoms with Crippen molar-refractivity contribution in [2.24, 2.45) is 0 Å². The molecule has 0 spiro atoms. The highest BCUT2D eigenvalue weighted by molar-refractivity contribution is 9.10. The third-order valence-electron chi connectivity index (χ3n) is 3.20. The number of hydrogen-bond donors (Lipinski definition) is 0. The summed E-state index contributed by atoms with van der Waals surface area (Å²) in [7, 11) is 0. The Morgan fingerprint density at radius 2 is 1.65 bits per heavy atom. The molecule has 3 heteroatoms. The van der Waals surface area contributed by atoms with Gasteiger partial charge in [0.15, 0.2) is 0 Å². The van der Waals surface area contributed by atoms with E-state index < -0.39 is 0 Å². The SMILES string of the molecule is Brc1cccc2c(N3CCOCC3)cccc12. The standard InChI is InChI=1S/C14H14BrNO/c15-13-5-1-4-12-11(13)3-2-6-14(12)16-7-9-17-10-8-16/h1-6H,7-10H2. The lowest BCUT2D eigenvalue weighted by atomic mass is 10.1. The molecule has 1 aliphatic rings. The number of rotatable bonds is 1. The Morgan fingerprint density at radius 3 is 2.47 bits per heavy atom. The van der Waals surface area contributed by atoms with Gasteiger partial charge in [0.1, 0.15) is 0 Å². The second-order valence-corrected chi connectivity index (χ2v) is 5.07. The van der Waals surface area contributed by atoms with Crippen molar-refractivity contribution in [1.29, 1.82) is 0 Å². The number of nitrogens with zero attached hydrogens (tertiary/aromatic N) is 1. The van der Waals surface area contributed by atoms with E-state index in [0.29, 0.717) is 0 Å². The number of hydrogen-bond acceptors (Lipinski definition) is 2. The molecule has 0 bridgehead atoms. The summed E-state index contributed by atoms with van der Waals surface area (Å²) in [5.74, 6) is 0. The van der Waals surface area contributed by atoms with Gasteiger partial charge in [-0.1, -0.05) is 40.2 Å². The van der Waals surface area contributed by atoms with Crippen LogP contribution in [0.5, 0.6) is 0 Å². The average molecular weight is 292 g/mol. The van der Waals surface area contributed by atoms with Gasteiger partial charge in [0.05, 0.1) is 13.2 Å². The van der Waals surface area contributed by atoms with Gasteiger partial charge in [-0.25, -0.2) is 0 Å². The van der Waals surface area contributed by atoms with E-state index in [9.17, 15) is 0 Å². The molecule has 2 nitrogen and oxygen atoms in total. The van der Waals surface area contributed by atoms with Gasteiger partial charge >= 0.3 is 0 Å². The molecule has 2 aromatic carbocycles. The molecule has 17 heavy (non-hydrogen) atoms. The van der Waals surface area contributed by atoms with Crippen LogP contribution in [0.4, 0.5) is 5.69 Å². The third-order valence-corrected chi connectivity index (χ3v) is 3.89. The molecule has 3 rings (SSSR count). The van der Waals surface area contributed by atoms with Gasteiger partial charge in [0, 0.05) is 28.6 Å². The van der Waals surface area contributed by atoms with Crippen LogP contribution in [0.2, 0.25) is 0 Å². The molecule has 1 fully saturated rings. The maximum atomic E-state index is 5.41. The summed E-state index contributed by atoms with van der Waals surface area (Å²) < 4.78 is 6.56. The van der Waals surface area contributed by atoms with Crippen LogP contribution in [-0.2, 0) is 4.74 Å². The van der Waals surface area contributed by atoms with Crippen LogP contribution in [-0.4, -0.2) is 26.3 Å². The minimum Gasteiger partial charge on any atom is -0.378 e. The van der Waals surface area contributed by atoms with Crippen LogP contribution in [0.15, 0.2) is 40.9 Å². The lowest BCUT2D eigenvalue weighted by Gasteiger charge is -2.30. The fourth-order valence-electron chi connectivity index (χ4n) is 2.34. The maximum Gasteiger partial charge on any atom is 0.0642 e. The van der Waals surface area contributed by atoms with Crippen molar-refractivity contribution >= 4 is 32.4 Å². The molecule has 0 aromatic heterocycles. The van der Waals surface area contributed by atoms with Crippen molar-refractivity contribution in [3.8, 4) is 0 Å². The average Bonchev–Trinajstić information content (AvgIpc) is 2.40. The summed E-state index contributed by atoms with van der Waals surface area (Å²) in [4.78, 5) is 2.40. The molecular formula is C14H14BrNO. The first-order valence-corrected chi connectivity index (χ1v) is 6.65. The Bertz CT molecular complexity index is 535. The van der Waals surface area contributed by atoms with E-state index in [1.807, 2.05) is 0 Å². The maximum absolute atomic E-state index is 5.41. The van der Waals surface area contributed by atoms with Crippen LogP contribution in [0.25, 0.3) is 10.8 Å². The van der Waals surface area contributed by atoms with Gasteiger partial charge in [0.2, 0.25) is 0 Å². The van der Waals surface area contributed by atoms with Gasteiger partial charge in [-0.15, -0.1) is 0 Å². The van der Waals surface area contributed by atoms with Gasteiger partial charge in [-0.3, -0.25) is 0 Å². The van der Waals surface area contributed by atoms with Crippen LogP contribution in [0, 0.1) is 0 Å². The first-order valence-electron chi connectivity index (χ1n) is 5.86. The molecule has 1 heterocycles. The summed E-state index contributed by atoms with van der Waals surface area (Å²) in [6, 6.07) is 12.8. The second-order valence-electron chi connectivity index (χ2n) is 4.21. The molecule has 88 valence electrons. The molecule has 0 atom stereocenters. The quantitative estimate of drug-likeness (QED) is 0.798. The van der Waals surface area contributed by atoms with Crippen molar-refractivity contribution in [2.45, 2.75) is 0 Å². The first-order chi connectivity index (χ1) is 8.36. The Labute approximate surface area is 109 Å². The van der Waals surface area contributed by atoms with Crippen LogP contribution in [0.1, 0.15) is 0 Å². The normalized spacial score (nSPS) is 16.4. The topological polar surface area (TPSA) is 12.5 Å². The highest BCUT2D eigenvalue weighted by Crippen LogP contribution is 2.31. The fourth-order valence-corrected chi connectivity index (χ4v) is 2.83. The predicted octanol–water partition coefficient (Wildman–Crippen LogP) is 3.44. The Balaban J connectivity index is 2.12. The minimum absolute atomic E-state index is 0.824. The van der Waals surface area contributed by atoms with Gasteiger partial charge in [0.25, 0.3) is 0 Å². The molecule has 0 radical (unpaired) electrons. The third kappa shape index (κ3) is 2.05. The van der Waals surface area contributed by atoms with Crippen molar-refractivity contribution in [1.82, 2.24) is 0 Å². The van der Waals surface area contributed by atoms with Gasteiger partial charge in [-0.2, -0.15) is 0 Å². The van der Waals surface area contributed by atoms with E-state index in [1.165, 1.54) is 16.5 Å². The monoisotopic (exact) mass is 291 g/mol. The predicted molar refractivity (Wildman–Crippen MR) is 74.7 cm³/mol. The lowest BCUT2D eigenvalue weighted by Crippen LogP contribution is -2.36. The number of ether oxygens (including phenoxy) is 1. The number of halogens is 1.